The van der Waals surface area contributed by atoms with E-state index < -0.39 is 0 Å². The lowest BCUT2D eigenvalue weighted by Gasteiger charge is -2.11. The molecule has 0 atom stereocenters. The van der Waals surface area contributed by atoms with Gasteiger partial charge in [0.25, 0.3) is 5.91 Å². The lowest BCUT2D eigenvalue weighted by Crippen LogP contribution is -2.35. The number of hydrazine groups is 1. The highest BCUT2D eigenvalue weighted by atomic mass is 16.2. The number of aromatic nitrogens is 1. The first-order chi connectivity index (χ1) is 9.70. The van der Waals surface area contributed by atoms with Gasteiger partial charge in [0.15, 0.2) is 0 Å². The molecule has 0 saturated carbocycles. The summed E-state index contributed by atoms with van der Waals surface area (Å²) in [6, 6.07) is 12.2. The molecule has 20 heavy (non-hydrogen) atoms. The Morgan fingerprint density at radius 2 is 1.70 bits per heavy atom. The summed E-state index contributed by atoms with van der Waals surface area (Å²) in [5, 5.41) is 8.72. The van der Waals surface area contributed by atoms with Crippen LogP contribution in [0.2, 0.25) is 0 Å². The van der Waals surface area contributed by atoms with E-state index in [-0.39, 0.29) is 5.91 Å². The first kappa shape index (κ1) is 13.3. The number of pyridine rings is 1. The Morgan fingerprint density at radius 1 is 1.05 bits per heavy atom. The van der Waals surface area contributed by atoms with Gasteiger partial charge in [0.2, 0.25) is 0 Å². The number of hydrogen-bond acceptors (Lipinski definition) is 4. The predicted octanol–water partition coefficient (Wildman–Crippen LogP) is 1.86. The third-order valence-electron chi connectivity index (χ3n) is 2.63. The summed E-state index contributed by atoms with van der Waals surface area (Å²) in [6.07, 6.45) is 3.09. The van der Waals surface area contributed by atoms with E-state index in [2.05, 4.69) is 22.4 Å². The van der Waals surface area contributed by atoms with Crippen molar-refractivity contribution in [2.75, 3.05) is 0 Å². The number of hydrogen-bond donors (Lipinski definition) is 2. The van der Waals surface area contributed by atoms with Gasteiger partial charge in [-0.05, 0) is 29.8 Å². The van der Waals surface area contributed by atoms with Gasteiger partial charge < -0.3 is 0 Å². The van der Waals surface area contributed by atoms with Gasteiger partial charge in [-0.2, -0.15) is 5.26 Å². The van der Waals surface area contributed by atoms with Crippen molar-refractivity contribution in [2.45, 2.75) is 0 Å². The van der Waals surface area contributed by atoms with E-state index in [1.54, 1.807) is 48.8 Å². The summed E-state index contributed by atoms with van der Waals surface area (Å²) in [5.74, 6) is -0.276. The lowest BCUT2D eigenvalue weighted by atomic mass is 10.1. The number of nitriles is 1. The Balaban J connectivity index is 1.95. The minimum atomic E-state index is -0.276. The van der Waals surface area contributed by atoms with Crippen LogP contribution >= 0.6 is 0 Å². The van der Waals surface area contributed by atoms with Crippen LogP contribution < -0.4 is 10.9 Å². The van der Waals surface area contributed by atoms with Crippen LogP contribution in [-0.4, -0.2) is 10.9 Å². The minimum Gasteiger partial charge on any atom is -0.298 e. The van der Waals surface area contributed by atoms with Crippen molar-refractivity contribution >= 4 is 11.6 Å². The second kappa shape index (κ2) is 6.16. The standard InChI is InChI=1S/C15H12N4O/c1-11(13-4-2-12(10-16)3-5-13)18-19-15(20)14-6-8-17-9-7-14/h2-9,18H,1H2,(H,19,20). The highest BCUT2D eigenvalue weighted by molar-refractivity contribution is 5.94. The van der Waals surface area contributed by atoms with Crippen LogP contribution in [0.4, 0.5) is 0 Å². The molecule has 1 aromatic carbocycles. The third-order valence-corrected chi connectivity index (χ3v) is 2.63. The van der Waals surface area contributed by atoms with Gasteiger partial charge in [0.1, 0.15) is 0 Å². The summed E-state index contributed by atoms with van der Waals surface area (Å²) in [6.45, 7) is 3.82. The molecule has 98 valence electrons. The number of rotatable bonds is 4. The Labute approximate surface area is 116 Å². The van der Waals surface area contributed by atoms with E-state index in [4.69, 9.17) is 5.26 Å². The van der Waals surface area contributed by atoms with Crippen LogP contribution in [0.15, 0.2) is 55.4 Å². The monoisotopic (exact) mass is 264 g/mol. The van der Waals surface area contributed by atoms with Gasteiger partial charge >= 0.3 is 0 Å². The van der Waals surface area contributed by atoms with Crippen molar-refractivity contribution in [3.8, 4) is 6.07 Å². The maximum atomic E-state index is 11.8. The summed E-state index contributed by atoms with van der Waals surface area (Å²) in [4.78, 5) is 15.6. The van der Waals surface area contributed by atoms with Crippen molar-refractivity contribution in [1.82, 2.24) is 15.8 Å². The third kappa shape index (κ3) is 3.21. The molecule has 5 heteroatoms. The second-order valence-electron chi connectivity index (χ2n) is 3.98. The van der Waals surface area contributed by atoms with Crippen LogP contribution in [0.5, 0.6) is 0 Å². The number of nitrogens with zero attached hydrogens (tertiary/aromatic N) is 2. The topological polar surface area (TPSA) is 77.8 Å². The van der Waals surface area contributed by atoms with Gasteiger partial charge in [-0.25, -0.2) is 0 Å². The Hall–Kier alpha value is -3.13. The molecule has 0 fully saturated rings. The molecule has 0 aliphatic carbocycles. The van der Waals surface area contributed by atoms with Crippen LogP contribution in [0.3, 0.4) is 0 Å². The van der Waals surface area contributed by atoms with Crippen molar-refractivity contribution < 1.29 is 4.79 Å². The van der Waals surface area contributed by atoms with Crippen molar-refractivity contribution in [3.63, 3.8) is 0 Å². The van der Waals surface area contributed by atoms with E-state index in [0.717, 1.165) is 5.56 Å². The molecule has 0 unspecified atom stereocenters. The molecule has 2 N–H and O–H groups in total. The Morgan fingerprint density at radius 3 is 2.30 bits per heavy atom. The quantitative estimate of drug-likeness (QED) is 0.826. The zero-order valence-electron chi connectivity index (χ0n) is 10.6. The maximum Gasteiger partial charge on any atom is 0.269 e. The molecule has 0 spiro atoms. The number of carbonyl (C=O) groups is 1. The molecule has 1 heterocycles. The Bertz CT molecular complexity index is 657. The number of benzene rings is 1. The number of amides is 1. The molecule has 5 nitrogen and oxygen atoms in total. The first-order valence-corrected chi connectivity index (χ1v) is 5.86. The number of carbonyl (C=O) groups excluding carboxylic acids is 1. The minimum absolute atomic E-state index is 0.276. The molecule has 0 bridgehead atoms. The van der Waals surface area contributed by atoms with Crippen molar-refractivity contribution in [3.05, 3.63) is 72.1 Å². The van der Waals surface area contributed by atoms with E-state index >= 15 is 0 Å². The fourth-order valence-corrected chi connectivity index (χ4v) is 1.53. The molecular weight excluding hydrogens is 252 g/mol. The van der Waals surface area contributed by atoms with Crippen LogP contribution in [0.25, 0.3) is 5.70 Å². The average Bonchev–Trinajstić information content (AvgIpc) is 2.53. The maximum absolute atomic E-state index is 11.8. The van der Waals surface area contributed by atoms with E-state index in [1.807, 2.05) is 6.07 Å². The molecule has 0 saturated heterocycles. The Kier molecular flexibility index (Phi) is 4.10. The van der Waals surface area contributed by atoms with E-state index in [9.17, 15) is 4.79 Å². The van der Waals surface area contributed by atoms with Gasteiger partial charge in [0, 0.05) is 18.0 Å². The zero-order valence-corrected chi connectivity index (χ0v) is 10.6. The van der Waals surface area contributed by atoms with Crippen LogP contribution in [0.1, 0.15) is 21.5 Å². The van der Waals surface area contributed by atoms with E-state index in [0.29, 0.717) is 16.8 Å². The SMILES string of the molecule is C=C(NNC(=O)c1ccncc1)c1ccc(C#N)cc1. The highest BCUT2D eigenvalue weighted by Gasteiger charge is 2.05. The summed E-state index contributed by atoms with van der Waals surface area (Å²) in [5.41, 5.74) is 7.68. The van der Waals surface area contributed by atoms with Crippen LogP contribution in [-0.2, 0) is 0 Å². The fraction of sp³-hybridized carbons (Fsp3) is 0. The summed E-state index contributed by atoms with van der Waals surface area (Å²) >= 11 is 0. The molecule has 0 radical (unpaired) electrons. The largest absolute Gasteiger partial charge is 0.298 e. The number of nitrogens with one attached hydrogen (secondary N) is 2. The average molecular weight is 264 g/mol. The van der Waals surface area contributed by atoms with Crippen molar-refractivity contribution in [2.24, 2.45) is 0 Å². The van der Waals surface area contributed by atoms with Gasteiger partial charge in [0.05, 0.1) is 17.3 Å². The molecule has 1 amide bonds. The summed E-state index contributed by atoms with van der Waals surface area (Å²) < 4.78 is 0. The molecular formula is C15H12N4O. The lowest BCUT2D eigenvalue weighted by molar-refractivity contribution is 0.0942. The molecule has 2 rings (SSSR count). The predicted molar refractivity (Wildman–Crippen MR) is 75.0 cm³/mol. The molecule has 1 aromatic heterocycles. The highest BCUT2D eigenvalue weighted by Crippen LogP contribution is 2.10. The zero-order chi connectivity index (χ0) is 14.4. The first-order valence-electron chi connectivity index (χ1n) is 5.86. The van der Waals surface area contributed by atoms with Gasteiger partial charge in [-0.15, -0.1) is 0 Å². The smallest absolute Gasteiger partial charge is 0.269 e. The van der Waals surface area contributed by atoms with Gasteiger partial charge in [-0.1, -0.05) is 18.7 Å². The molecule has 2 aromatic rings. The van der Waals surface area contributed by atoms with Crippen molar-refractivity contribution in [1.29, 1.82) is 5.26 Å². The molecule has 0 aliphatic rings. The van der Waals surface area contributed by atoms with Gasteiger partial charge in [-0.3, -0.25) is 20.6 Å². The normalized spacial score (nSPS) is 9.35. The fourth-order valence-electron chi connectivity index (χ4n) is 1.53. The van der Waals surface area contributed by atoms with E-state index in [1.165, 1.54) is 0 Å². The molecule has 0 aliphatic heterocycles. The summed E-state index contributed by atoms with van der Waals surface area (Å²) in [7, 11) is 0. The second-order valence-corrected chi connectivity index (χ2v) is 3.98. The van der Waals surface area contributed by atoms with Crippen LogP contribution in [0, 0.1) is 11.3 Å².